The molecule has 1 N–H and O–H groups in total. The van der Waals surface area contributed by atoms with Crippen LogP contribution in [0.15, 0.2) is 0 Å². The minimum Gasteiger partial charge on any atom is -0.198 e. The van der Waals surface area contributed by atoms with Gasteiger partial charge in [-0.15, -0.1) is 11.6 Å². The van der Waals surface area contributed by atoms with E-state index < -0.39 is 10.2 Å². The zero-order valence-corrected chi connectivity index (χ0v) is 13.1. The molecule has 0 bridgehead atoms. The zero-order chi connectivity index (χ0) is 13.8. The number of halogens is 1. The molecule has 0 radical (unpaired) electrons. The van der Waals surface area contributed by atoms with Crippen LogP contribution in [0.25, 0.3) is 0 Å². The van der Waals surface area contributed by atoms with E-state index in [1.807, 2.05) is 6.92 Å². The van der Waals surface area contributed by atoms with Gasteiger partial charge in [-0.1, -0.05) is 20.3 Å². The summed E-state index contributed by atoms with van der Waals surface area (Å²) in [5.74, 6) is 0.745. The lowest BCUT2D eigenvalue weighted by Crippen LogP contribution is -2.51. The normalized spacial score (nSPS) is 24.4. The van der Waals surface area contributed by atoms with Crippen LogP contribution in [0.3, 0.4) is 0 Å². The zero-order valence-electron chi connectivity index (χ0n) is 11.5. The lowest BCUT2D eigenvalue weighted by molar-refractivity contribution is 0.263. The molecule has 0 aliphatic carbocycles. The van der Waals surface area contributed by atoms with E-state index in [1.165, 1.54) is 0 Å². The van der Waals surface area contributed by atoms with Crippen LogP contribution in [-0.4, -0.2) is 37.2 Å². The van der Waals surface area contributed by atoms with Crippen LogP contribution in [0.2, 0.25) is 0 Å². The topological polar surface area (TPSA) is 49.4 Å². The van der Waals surface area contributed by atoms with Crippen molar-refractivity contribution in [3.05, 3.63) is 0 Å². The fourth-order valence-corrected chi connectivity index (χ4v) is 4.40. The van der Waals surface area contributed by atoms with Crippen molar-refractivity contribution in [3.8, 4) is 0 Å². The third-order valence-electron chi connectivity index (χ3n) is 3.31. The van der Waals surface area contributed by atoms with Gasteiger partial charge in [-0.2, -0.15) is 17.4 Å². The third-order valence-corrected chi connectivity index (χ3v) is 5.47. The molecule has 0 aromatic carbocycles. The number of piperidine rings is 1. The molecular formula is C12H25ClN2O2S. The van der Waals surface area contributed by atoms with E-state index in [9.17, 15) is 8.42 Å². The molecule has 0 spiro atoms. The maximum absolute atomic E-state index is 12.3. The second kappa shape index (κ2) is 7.08. The number of nitrogens with zero attached hydrogens (tertiary/aromatic N) is 1. The minimum atomic E-state index is -3.39. The van der Waals surface area contributed by atoms with E-state index in [2.05, 4.69) is 18.6 Å². The Hall–Kier alpha value is 0.160. The highest BCUT2D eigenvalue weighted by molar-refractivity contribution is 7.87. The molecule has 4 nitrogen and oxygen atoms in total. The molecule has 1 rings (SSSR count). The SMILES string of the molecule is CC(C)CC(CCl)NS(=O)(=O)N1CCCCC1C. The molecule has 108 valence electrons. The number of alkyl halides is 1. The predicted molar refractivity (Wildman–Crippen MR) is 76.0 cm³/mol. The smallest absolute Gasteiger partial charge is 0.198 e. The van der Waals surface area contributed by atoms with Crippen molar-refractivity contribution in [1.82, 2.24) is 9.03 Å². The van der Waals surface area contributed by atoms with E-state index in [4.69, 9.17) is 11.6 Å². The summed E-state index contributed by atoms with van der Waals surface area (Å²) in [6.07, 6.45) is 3.76. The fourth-order valence-electron chi connectivity index (χ4n) is 2.42. The Bertz CT molecular complexity index is 346. The molecular weight excluding hydrogens is 272 g/mol. The first-order chi connectivity index (χ1) is 8.36. The van der Waals surface area contributed by atoms with Gasteiger partial charge >= 0.3 is 0 Å². The Morgan fingerprint density at radius 2 is 2.06 bits per heavy atom. The van der Waals surface area contributed by atoms with Gasteiger partial charge in [0.05, 0.1) is 0 Å². The molecule has 6 heteroatoms. The molecule has 2 atom stereocenters. The van der Waals surface area contributed by atoms with Crippen LogP contribution in [0, 0.1) is 5.92 Å². The summed E-state index contributed by atoms with van der Waals surface area (Å²) in [5.41, 5.74) is 0. The molecule has 1 aliphatic rings. The van der Waals surface area contributed by atoms with Gasteiger partial charge in [0, 0.05) is 24.5 Å². The first kappa shape index (κ1) is 16.2. The highest BCUT2D eigenvalue weighted by Crippen LogP contribution is 2.20. The van der Waals surface area contributed by atoms with Crippen LogP contribution >= 0.6 is 11.6 Å². The molecule has 0 saturated carbocycles. The number of hydrogen-bond acceptors (Lipinski definition) is 2. The van der Waals surface area contributed by atoms with Crippen LogP contribution in [0.4, 0.5) is 0 Å². The van der Waals surface area contributed by atoms with E-state index in [0.29, 0.717) is 18.3 Å². The predicted octanol–water partition coefficient (Wildman–Crippen LogP) is 2.35. The van der Waals surface area contributed by atoms with E-state index in [1.54, 1.807) is 4.31 Å². The van der Waals surface area contributed by atoms with Gasteiger partial charge in [0.15, 0.2) is 0 Å². The first-order valence-corrected chi connectivity index (χ1v) is 8.69. The second-order valence-corrected chi connectivity index (χ2v) is 7.52. The van der Waals surface area contributed by atoms with Gasteiger partial charge in [-0.3, -0.25) is 0 Å². The summed E-state index contributed by atoms with van der Waals surface area (Å²) in [7, 11) is -3.39. The van der Waals surface area contributed by atoms with Crippen LogP contribution in [-0.2, 0) is 10.2 Å². The summed E-state index contributed by atoms with van der Waals surface area (Å²) in [6.45, 7) is 6.72. The van der Waals surface area contributed by atoms with E-state index in [-0.39, 0.29) is 12.1 Å². The van der Waals surface area contributed by atoms with E-state index >= 15 is 0 Å². The average molecular weight is 297 g/mol. The Morgan fingerprint density at radius 3 is 2.56 bits per heavy atom. The van der Waals surface area contributed by atoms with Gasteiger partial charge < -0.3 is 0 Å². The molecule has 1 saturated heterocycles. The average Bonchev–Trinajstić information content (AvgIpc) is 2.27. The molecule has 0 amide bonds. The van der Waals surface area contributed by atoms with Crippen molar-refractivity contribution in [3.63, 3.8) is 0 Å². The molecule has 1 fully saturated rings. The third kappa shape index (κ3) is 4.68. The number of rotatable bonds is 6. The Kier molecular flexibility index (Phi) is 6.38. The molecule has 0 aromatic heterocycles. The van der Waals surface area contributed by atoms with Crippen LogP contribution in [0.5, 0.6) is 0 Å². The lowest BCUT2D eigenvalue weighted by atomic mass is 10.1. The number of hydrogen-bond donors (Lipinski definition) is 1. The maximum atomic E-state index is 12.3. The standard InChI is InChI=1S/C12H25ClN2O2S/c1-10(2)8-12(9-13)14-18(16,17)15-7-5-4-6-11(15)3/h10-12,14H,4-9H2,1-3H3. The molecule has 2 unspecified atom stereocenters. The van der Waals surface area contributed by atoms with Crippen LogP contribution < -0.4 is 4.72 Å². The lowest BCUT2D eigenvalue weighted by Gasteiger charge is -2.33. The van der Waals surface area contributed by atoms with Gasteiger partial charge in [0.25, 0.3) is 10.2 Å². The molecule has 0 aromatic rings. The molecule has 1 heterocycles. The number of nitrogens with one attached hydrogen (secondary N) is 1. The van der Waals surface area contributed by atoms with Crippen molar-refractivity contribution < 1.29 is 8.42 Å². The van der Waals surface area contributed by atoms with Crippen molar-refractivity contribution in [1.29, 1.82) is 0 Å². The summed E-state index contributed by atoms with van der Waals surface area (Å²) in [4.78, 5) is 0. The maximum Gasteiger partial charge on any atom is 0.279 e. The van der Waals surface area contributed by atoms with Crippen molar-refractivity contribution in [2.45, 2.75) is 58.5 Å². The monoisotopic (exact) mass is 296 g/mol. The first-order valence-electron chi connectivity index (χ1n) is 6.72. The van der Waals surface area contributed by atoms with Crippen molar-refractivity contribution in [2.75, 3.05) is 12.4 Å². The minimum absolute atomic E-state index is 0.0891. The Morgan fingerprint density at radius 1 is 1.39 bits per heavy atom. The highest BCUT2D eigenvalue weighted by atomic mass is 35.5. The highest BCUT2D eigenvalue weighted by Gasteiger charge is 2.31. The van der Waals surface area contributed by atoms with Crippen LogP contribution in [0.1, 0.15) is 46.5 Å². The summed E-state index contributed by atoms with van der Waals surface area (Å²) >= 11 is 5.85. The van der Waals surface area contributed by atoms with Crippen molar-refractivity contribution >= 4 is 21.8 Å². The van der Waals surface area contributed by atoms with Gasteiger partial charge in [-0.05, 0) is 32.1 Å². The van der Waals surface area contributed by atoms with Gasteiger partial charge in [0.1, 0.15) is 0 Å². The van der Waals surface area contributed by atoms with Gasteiger partial charge in [0.2, 0.25) is 0 Å². The Balaban J connectivity index is 2.67. The van der Waals surface area contributed by atoms with E-state index in [0.717, 1.165) is 25.7 Å². The van der Waals surface area contributed by atoms with Crippen molar-refractivity contribution in [2.24, 2.45) is 5.92 Å². The largest absolute Gasteiger partial charge is 0.279 e. The summed E-state index contributed by atoms with van der Waals surface area (Å²) in [6, 6.07) is -0.0860. The molecule has 1 aliphatic heterocycles. The summed E-state index contributed by atoms with van der Waals surface area (Å²) < 4.78 is 28.9. The van der Waals surface area contributed by atoms with Gasteiger partial charge in [-0.25, -0.2) is 0 Å². The quantitative estimate of drug-likeness (QED) is 0.765. The Labute approximate surface area is 116 Å². The molecule has 18 heavy (non-hydrogen) atoms. The second-order valence-electron chi connectivity index (χ2n) is 5.56. The summed E-state index contributed by atoms with van der Waals surface area (Å²) in [5, 5.41) is 0. The fraction of sp³-hybridized carbons (Fsp3) is 1.00.